The minimum atomic E-state index is -0.611. The summed E-state index contributed by atoms with van der Waals surface area (Å²) in [4.78, 5) is 16.4. The van der Waals surface area contributed by atoms with E-state index in [1.165, 1.54) is 0 Å². The number of rotatable bonds is 6. The number of aliphatic hydroxyl groups is 1. The molecular formula is C17H34N4O3. The summed E-state index contributed by atoms with van der Waals surface area (Å²) < 4.78 is 5.28. The van der Waals surface area contributed by atoms with Crippen molar-refractivity contribution in [2.24, 2.45) is 4.99 Å². The third-order valence-electron chi connectivity index (χ3n) is 3.69. The zero-order valence-electron chi connectivity index (χ0n) is 16.0. The number of nitrogens with zero attached hydrogens (tertiary/aromatic N) is 1. The molecule has 0 atom stereocenters. The summed E-state index contributed by atoms with van der Waals surface area (Å²) in [7, 11) is 0. The lowest BCUT2D eigenvalue weighted by Gasteiger charge is -2.37. The maximum absolute atomic E-state index is 11.9. The van der Waals surface area contributed by atoms with Crippen molar-refractivity contribution in [3.05, 3.63) is 0 Å². The number of ether oxygens (including phenoxy) is 1. The summed E-state index contributed by atoms with van der Waals surface area (Å²) in [5.41, 5.74) is -1.68. The van der Waals surface area contributed by atoms with Crippen LogP contribution in [0.1, 0.15) is 60.8 Å². The first-order valence-electron chi connectivity index (χ1n) is 8.70. The largest absolute Gasteiger partial charge is 0.444 e. The van der Waals surface area contributed by atoms with Gasteiger partial charge in [-0.2, -0.15) is 0 Å². The van der Waals surface area contributed by atoms with Crippen molar-refractivity contribution >= 4 is 12.1 Å². The molecule has 1 amide bonds. The summed E-state index contributed by atoms with van der Waals surface area (Å²) >= 11 is 0. The lowest BCUT2D eigenvalue weighted by atomic mass is 9.80. The van der Waals surface area contributed by atoms with Crippen LogP contribution in [0.5, 0.6) is 0 Å². The van der Waals surface area contributed by atoms with Crippen molar-refractivity contribution in [1.29, 1.82) is 0 Å². The summed E-state index contributed by atoms with van der Waals surface area (Å²) in [6.45, 7) is 12.9. The normalized spacial score (nSPS) is 17.7. The second kappa shape index (κ2) is 8.05. The Kier molecular flexibility index (Phi) is 6.89. The number of carbonyl (C=O) groups excluding carboxylic acids is 1. The number of nitrogens with one attached hydrogen (secondary N) is 3. The van der Waals surface area contributed by atoms with E-state index in [0.717, 1.165) is 25.8 Å². The van der Waals surface area contributed by atoms with Crippen LogP contribution in [0, 0.1) is 0 Å². The average molecular weight is 342 g/mol. The highest BCUT2D eigenvalue weighted by atomic mass is 16.6. The molecule has 1 aliphatic rings. The zero-order valence-corrected chi connectivity index (χ0v) is 16.0. The molecule has 0 aliphatic heterocycles. The molecule has 140 valence electrons. The number of amides is 1. The highest BCUT2D eigenvalue weighted by Gasteiger charge is 2.34. The number of hydrogen-bond donors (Lipinski definition) is 4. The lowest BCUT2D eigenvalue weighted by molar-refractivity contribution is -0.0279. The Hall–Kier alpha value is -1.50. The summed E-state index contributed by atoms with van der Waals surface area (Å²) in [6, 6.07) is 0. The highest BCUT2D eigenvalue weighted by molar-refractivity contribution is 5.80. The number of alkyl carbamates (subject to hydrolysis) is 1. The number of aliphatic imine (C=N–C) groups is 1. The Morgan fingerprint density at radius 2 is 1.83 bits per heavy atom. The Bertz CT molecular complexity index is 451. The molecule has 0 heterocycles. The van der Waals surface area contributed by atoms with Crippen LogP contribution in [0.15, 0.2) is 4.99 Å². The van der Waals surface area contributed by atoms with E-state index in [1.807, 2.05) is 41.5 Å². The fraction of sp³-hybridized carbons (Fsp3) is 0.882. The van der Waals surface area contributed by atoms with Crippen molar-refractivity contribution in [3.8, 4) is 0 Å². The fourth-order valence-corrected chi connectivity index (χ4v) is 2.25. The molecule has 0 radical (unpaired) electrons. The molecule has 24 heavy (non-hydrogen) atoms. The van der Waals surface area contributed by atoms with Crippen LogP contribution in [0.2, 0.25) is 0 Å². The van der Waals surface area contributed by atoms with Gasteiger partial charge in [0.15, 0.2) is 5.96 Å². The summed E-state index contributed by atoms with van der Waals surface area (Å²) in [6.07, 6.45) is 2.26. The fourth-order valence-electron chi connectivity index (χ4n) is 2.25. The van der Waals surface area contributed by atoms with Crippen LogP contribution in [0.3, 0.4) is 0 Å². The van der Waals surface area contributed by atoms with Crippen molar-refractivity contribution in [2.45, 2.75) is 77.5 Å². The first-order valence-corrected chi connectivity index (χ1v) is 8.70. The van der Waals surface area contributed by atoms with E-state index >= 15 is 0 Å². The SMILES string of the molecule is CCNC(=NCC(C)(C)NC(=O)OC(C)(C)C)NCC1(O)CCC1. The Morgan fingerprint density at radius 1 is 1.21 bits per heavy atom. The van der Waals surface area contributed by atoms with Gasteiger partial charge < -0.3 is 25.8 Å². The van der Waals surface area contributed by atoms with Gasteiger partial charge in [-0.25, -0.2) is 4.79 Å². The van der Waals surface area contributed by atoms with Crippen LogP contribution >= 0.6 is 0 Å². The van der Waals surface area contributed by atoms with Crippen molar-refractivity contribution in [3.63, 3.8) is 0 Å². The monoisotopic (exact) mass is 342 g/mol. The first-order chi connectivity index (χ1) is 10.9. The molecule has 4 N–H and O–H groups in total. The average Bonchev–Trinajstić information content (AvgIpc) is 2.37. The molecule has 7 heteroatoms. The van der Waals surface area contributed by atoms with E-state index < -0.39 is 22.8 Å². The molecule has 0 saturated heterocycles. The highest BCUT2D eigenvalue weighted by Crippen LogP contribution is 2.30. The van der Waals surface area contributed by atoms with Crippen LogP contribution in [-0.2, 0) is 4.74 Å². The van der Waals surface area contributed by atoms with Crippen LogP contribution in [0.4, 0.5) is 4.79 Å². The van der Waals surface area contributed by atoms with E-state index in [9.17, 15) is 9.90 Å². The van der Waals surface area contributed by atoms with Gasteiger partial charge in [0.2, 0.25) is 0 Å². The molecule has 1 saturated carbocycles. The van der Waals surface area contributed by atoms with Gasteiger partial charge in [0, 0.05) is 13.1 Å². The van der Waals surface area contributed by atoms with Crippen LogP contribution in [0.25, 0.3) is 0 Å². The van der Waals surface area contributed by atoms with Crippen molar-refractivity contribution in [2.75, 3.05) is 19.6 Å². The first kappa shape index (κ1) is 20.5. The molecule has 1 rings (SSSR count). The van der Waals surface area contributed by atoms with Gasteiger partial charge in [0.1, 0.15) is 5.60 Å². The Morgan fingerprint density at radius 3 is 2.29 bits per heavy atom. The van der Waals surface area contributed by atoms with Gasteiger partial charge in [-0.05, 0) is 60.8 Å². The number of hydrogen-bond acceptors (Lipinski definition) is 4. The third-order valence-corrected chi connectivity index (χ3v) is 3.69. The molecule has 0 aromatic heterocycles. The van der Waals surface area contributed by atoms with E-state index in [0.29, 0.717) is 19.0 Å². The van der Waals surface area contributed by atoms with Gasteiger partial charge in [0.05, 0.1) is 17.7 Å². The van der Waals surface area contributed by atoms with Gasteiger partial charge >= 0.3 is 6.09 Å². The van der Waals surface area contributed by atoms with Crippen LogP contribution in [-0.4, -0.2) is 53.5 Å². The Balaban J connectivity index is 2.54. The minimum absolute atomic E-state index is 0.389. The second-order valence-electron chi connectivity index (χ2n) is 8.14. The van der Waals surface area contributed by atoms with E-state index in [1.54, 1.807) is 0 Å². The van der Waals surface area contributed by atoms with Crippen LogP contribution < -0.4 is 16.0 Å². The molecular weight excluding hydrogens is 308 g/mol. The molecule has 1 aliphatic carbocycles. The van der Waals surface area contributed by atoms with Gasteiger partial charge in [-0.15, -0.1) is 0 Å². The standard InChI is InChI=1S/C17H34N4O3/c1-7-18-13(20-12-17(23)9-8-10-17)19-11-16(5,6)21-14(22)24-15(2,3)4/h23H,7-12H2,1-6H3,(H,21,22)(H2,18,19,20). The maximum Gasteiger partial charge on any atom is 0.408 e. The van der Waals surface area contributed by atoms with Gasteiger partial charge in [0.25, 0.3) is 0 Å². The molecule has 7 nitrogen and oxygen atoms in total. The summed E-state index contributed by atoms with van der Waals surface area (Å²) in [5.74, 6) is 0.636. The lowest BCUT2D eigenvalue weighted by Crippen LogP contribution is -2.52. The third kappa shape index (κ3) is 7.86. The maximum atomic E-state index is 11.9. The molecule has 0 bridgehead atoms. The smallest absolute Gasteiger partial charge is 0.408 e. The summed E-state index contributed by atoms with van der Waals surface area (Å²) in [5, 5.41) is 19.3. The Labute approximate surface area is 145 Å². The van der Waals surface area contributed by atoms with E-state index in [2.05, 4.69) is 20.9 Å². The molecule has 0 aromatic carbocycles. The van der Waals surface area contributed by atoms with Gasteiger partial charge in [-0.3, -0.25) is 4.99 Å². The molecule has 0 spiro atoms. The van der Waals surface area contributed by atoms with E-state index in [4.69, 9.17) is 4.74 Å². The van der Waals surface area contributed by atoms with E-state index in [-0.39, 0.29) is 0 Å². The van der Waals surface area contributed by atoms with Crippen molar-refractivity contribution < 1.29 is 14.6 Å². The zero-order chi connectivity index (χ0) is 18.4. The predicted molar refractivity (Wildman–Crippen MR) is 96.2 cm³/mol. The second-order valence-corrected chi connectivity index (χ2v) is 8.14. The number of carbonyl (C=O) groups is 1. The molecule has 0 unspecified atom stereocenters. The molecule has 0 aromatic rings. The minimum Gasteiger partial charge on any atom is -0.444 e. The molecule has 1 fully saturated rings. The number of guanidine groups is 1. The van der Waals surface area contributed by atoms with Crippen molar-refractivity contribution in [1.82, 2.24) is 16.0 Å². The van der Waals surface area contributed by atoms with Gasteiger partial charge in [-0.1, -0.05) is 0 Å². The topological polar surface area (TPSA) is 95.0 Å². The quantitative estimate of drug-likeness (QED) is 0.436. The predicted octanol–water partition coefficient (Wildman–Crippen LogP) is 1.76.